The Morgan fingerprint density at radius 2 is 2.33 bits per heavy atom. The summed E-state index contributed by atoms with van der Waals surface area (Å²) in [6.07, 6.45) is 2.28. The van der Waals surface area contributed by atoms with Crippen molar-refractivity contribution in [1.82, 2.24) is 10.3 Å². The highest BCUT2D eigenvalue weighted by atomic mass is 32.1. The number of rotatable bonds is 5. The molecule has 0 saturated heterocycles. The number of nitrogens with zero attached hydrogens (tertiary/aromatic N) is 2. The molecule has 2 rings (SSSR count). The molecule has 1 heterocycles. The van der Waals surface area contributed by atoms with Gasteiger partial charge in [0, 0.05) is 23.3 Å². The molecule has 110 valence electrons. The second-order valence-corrected chi connectivity index (χ2v) is 5.26. The average molecular weight is 306 g/mol. The zero-order chi connectivity index (χ0) is 15.4. The lowest BCUT2D eigenvalue weighted by molar-refractivity contribution is -0.385. The van der Waals surface area contributed by atoms with Crippen LogP contribution in [0.1, 0.15) is 34.8 Å². The molecule has 0 fully saturated rings. The number of nitrogens with two attached hydrogens (primary N) is 1. The summed E-state index contributed by atoms with van der Waals surface area (Å²) in [7, 11) is 0. The molecular formula is C13H14N4O3S. The van der Waals surface area contributed by atoms with Gasteiger partial charge in [-0.05, 0) is 18.6 Å². The molecule has 1 amide bonds. The fourth-order valence-corrected chi connectivity index (χ4v) is 2.65. The van der Waals surface area contributed by atoms with Crippen molar-refractivity contribution < 1.29 is 9.72 Å². The van der Waals surface area contributed by atoms with Crippen molar-refractivity contribution >= 4 is 28.6 Å². The monoisotopic (exact) mass is 306 g/mol. The molecule has 0 saturated carbocycles. The molecule has 0 radical (unpaired) electrons. The van der Waals surface area contributed by atoms with Gasteiger partial charge in [-0.15, -0.1) is 11.3 Å². The third kappa shape index (κ3) is 3.34. The molecule has 1 aromatic carbocycles. The van der Waals surface area contributed by atoms with E-state index in [1.165, 1.54) is 29.5 Å². The molecular weight excluding hydrogens is 292 g/mol. The van der Waals surface area contributed by atoms with Crippen LogP contribution < -0.4 is 11.1 Å². The quantitative estimate of drug-likeness (QED) is 0.501. The van der Waals surface area contributed by atoms with Crippen molar-refractivity contribution in [2.45, 2.75) is 19.4 Å². The number of nitrogens with one attached hydrogen (secondary N) is 1. The first kappa shape index (κ1) is 14.9. The first-order chi connectivity index (χ1) is 10.0. The van der Waals surface area contributed by atoms with Crippen LogP contribution in [0.15, 0.2) is 29.8 Å². The number of nitro groups is 1. The molecule has 1 atom stereocenters. The van der Waals surface area contributed by atoms with Crippen LogP contribution in [-0.4, -0.2) is 15.8 Å². The topological polar surface area (TPSA) is 111 Å². The number of aromatic nitrogens is 1. The van der Waals surface area contributed by atoms with Gasteiger partial charge in [-0.25, -0.2) is 4.98 Å². The number of amides is 1. The van der Waals surface area contributed by atoms with Gasteiger partial charge in [-0.2, -0.15) is 0 Å². The van der Waals surface area contributed by atoms with Gasteiger partial charge >= 0.3 is 0 Å². The zero-order valence-corrected chi connectivity index (χ0v) is 12.1. The van der Waals surface area contributed by atoms with Crippen LogP contribution in [0.3, 0.4) is 0 Å². The number of thiazole rings is 1. The third-order valence-corrected chi connectivity index (χ3v) is 3.81. The standard InChI is InChI=1S/C13H14N4O3S/c1-2-10(13-15-5-6-21-13)16-12(18)9-7-8(14)3-4-11(9)17(19)20/h3-7,10H,2,14H2,1H3,(H,16,18). The number of benzene rings is 1. The summed E-state index contributed by atoms with van der Waals surface area (Å²) in [6.45, 7) is 1.90. The highest BCUT2D eigenvalue weighted by Gasteiger charge is 2.23. The Bertz CT molecular complexity index is 657. The Labute approximate surface area is 125 Å². The summed E-state index contributed by atoms with van der Waals surface area (Å²) in [6, 6.07) is 3.66. The van der Waals surface area contributed by atoms with Gasteiger partial charge < -0.3 is 11.1 Å². The molecule has 1 unspecified atom stereocenters. The number of hydrogen-bond donors (Lipinski definition) is 2. The van der Waals surface area contributed by atoms with Crippen LogP contribution in [0.5, 0.6) is 0 Å². The molecule has 3 N–H and O–H groups in total. The van der Waals surface area contributed by atoms with E-state index in [1.807, 2.05) is 12.3 Å². The molecule has 1 aromatic heterocycles. The summed E-state index contributed by atoms with van der Waals surface area (Å²) >= 11 is 1.42. The van der Waals surface area contributed by atoms with Crippen molar-refractivity contribution in [2.24, 2.45) is 0 Å². The van der Waals surface area contributed by atoms with Gasteiger partial charge in [-0.3, -0.25) is 14.9 Å². The summed E-state index contributed by atoms with van der Waals surface area (Å²) in [5.41, 5.74) is 5.60. The van der Waals surface area contributed by atoms with Gasteiger partial charge in [0.15, 0.2) is 0 Å². The molecule has 0 spiro atoms. The molecule has 0 aliphatic carbocycles. The van der Waals surface area contributed by atoms with E-state index in [0.717, 1.165) is 5.01 Å². The molecule has 0 bridgehead atoms. The summed E-state index contributed by atoms with van der Waals surface area (Å²) in [5.74, 6) is -0.531. The minimum absolute atomic E-state index is 0.0463. The second kappa shape index (κ2) is 6.31. The maximum Gasteiger partial charge on any atom is 0.282 e. The maximum absolute atomic E-state index is 12.3. The van der Waals surface area contributed by atoms with E-state index in [0.29, 0.717) is 12.1 Å². The number of nitrogen functional groups attached to an aromatic ring is 1. The van der Waals surface area contributed by atoms with Crippen molar-refractivity contribution in [3.05, 3.63) is 50.5 Å². The molecule has 8 heteroatoms. The Balaban J connectivity index is 2.27. The zero-order valence-electron chi connectivity index (χ0n) is 11.3. The minimum atomic E-state index is -0.599. The van der Waals surface area contributed by atoms with Gasteiger partial charge in [0.2, 0.25) is 0 Å². The first-order valence-electron chi connectivity index (χ1n) is 6.27. The Kier molecular flexibility index (Phi) is 4.49. The fraction of sp³-hybridized carbons (Fsp3) is 0.231. The molecule has 7 nitrogen and oxygen atoms in total. The largest absolute Gasteiger partial charge is 0.399 e. The van der Waals surface area contributed by atoms with E-state index in [4.69, 9.17) is 5.73 Å². The van der Waals surface area contributed by atoms with Crippen LogP contribution in [0.2, 0.25) is 0 Å². The Hall–Kier alpha value is -2.48. The van der Waals surface area contributed by atoms with Crippen LogP contribution in [0.4, 0.5) is 11.4 Å². The van der Waals surface area contributed by atoms with Gasteiger partial charge in [0.1, 0.15) is 10.6 Å². The maximum atomic E-state index is 12.3. The van der Waals surface area contributed by atoms with E-state index < -0.39 is 10.8 Å². The lowest BCUT2D eigenvalue weighted by Crippen LogP contribution is -2.28. The average Bonchev–Trinajstić information content (AvgIpc) is 2.98. The summed E-state index contributed by atoms with van der Waals surface area (Å²) in [5, 5.41) is 16.3. The fourth-order valence-electron chi connectivity index (χ4n) is 1.88. The van der Waals surface area contributed by atoms with E-state index in [-0.39, 0.29) is 17.3 Å². The Morgan fingerprint density at radius 3 is 2.90 bits per heavy atom. The predicted octanol–water partition coefficient (Wildman–Crippen LogP) is 2.51. The van der Waals surface area contributed by atoms with Crippen LogP contribution in [0, 0.1) is 10.1 Å². The van der Waals surface area contributed by atoms with Crippen molar-refractivity contribution in [2.75, 3.05) is 5.73 Å². The Morgan fingerprint density at radius 1 is 1.57 bits per heavy atom. The van der Waals surface area contributed by atoms with Crippen LogP contribution in [-0.2, 0) is 0 Å². The van der Waals surface area contributed by atoms with E-state index >= 15 is 0 Å². The smallest absolute Gasteiger partial charge is 0.282 e. The van der Waals surface area contributed by atoms with E-state index in [2.05, 4.69) is 10.3 Å². The predicted molar refractivity (Wildman–Crippen MR) is 80.1 cm³/mol. The number of carbonyl (C=O) groups excluding carboxylic acids is 1. The lowest BCUT2D eigenvalue weighted by atomic mass is 10.1. The normalized spacial score (nSPS) is 11.9. The van der Waals surface area contributed by atoms with Crippen molar-refractivity contribution in [3.8, 4) is 0 Å². The highest BCUT2D eigenvalue weighted by molar-refractivity contribution is 7.09. The summed E-state index contributed by atoms with van der Waals surface area (Å²) in [4.78, 5) is 26.8. The first-order valence-corrected chi connectivity index (χ1v) is 7.15. The second-order valence-electron chi connectivity index (χ2n) is 4.34. The van der Waals surface area contributed by atoms with Crippen LogP contribution in [0.25, 0.3) is 0 Å². The van der Waals surface area contributed by atoms with Crippen LogP contribution >= 0.6 is 11.3 Å². The number of hydrogen-bond acceptors (Lipinski definition) is 6. The van der Waals surface area contributed by atoms with E-state index in [9.17, 15) is 14.9 Å². The summed E-state index contributed by atoms with van der Waals surface area (Å²) < 4.78 is 0. The van der Waals surface area contributed by atoms with Crippen molar-refractivity contribution in [1.29, 1.82) is 0 Å². The van der Waals surface area contributed by atoms with E-state index in [1.54, 1.807) is 6.20 Å². The number of anilines is 1. The van der Waals surface area contributed by atoms with Gasteiger partial charge in [0.05, 0.1) is 11.0 Å². The molecule has 21 heavy (non-hydrogen) atoms. The van der Waals surface area contributed by atoms with Gasteiger partial charge in [0.25, 0.3) is 11.6 Å². The minimum Gasteiger partial charge on any atom is -0.399 e. The third-order valence-electron chi connectivity index (χ3n) is 2.93. The SMILES string of the molecule is CCC(NC(=O)c1cc(N)ccc1[N+](=O)[O-])c1nccs1. The molecule has 0 aliphatic rings. The molecule has 2 aromatic rings. The highest BCUT2D eigenvalue weighted by Crippen LogP contribution is 2.24. The lowest BCUT2D eigenvalue weighted by Gasteiger charge is -2.14. The number of carbonyl (C=O) groups is 1. The molecule has 0 aliphatic heterocycles. The van der Waals surface area contributed by atoms with Crippen molar-refractivity contribution in [3.63, 3.8) is 0 Å². The number of nitro benzene ring substituents is 1. The van der Waals surface area contributed by atoms with Gasteiger partial charge in [-0.1, -0.05) is 6.92 Å².